The van der Waals surface area contributed by atoms with Gasteiger partial charge in [-0.2, -0.15) is 5.26 Å². The van der Waals surface area contributed by atoms with Gasteiger partial charge < -0.3 is 10.6 Å². The SMILES string of the molecule is CCc1nc(NC)cc(Nc2ccc(Br)cc2C#N)n1. The van der Waals surface area contributed by atoms with Crippen LogP contribution in [0.5, 0.6) is 0 Å². The fourth-order valence-corrected chi connectivity index (χ4v) is 2.06. The van der Waals surface area contributed by atoms with Crippen LogP contribution in [0.15, 0.2) is 28.7 Å². The molecule has 102 valence electrons. The van der Waals surface area contributed by atoms with Gasteiger partial charge >= 0.3 is 0 Å². The van der Waals surface area contributed by atoms with Gasteiger partial charge in [-0.05, 0) is 18.2 Å². The minimum absolute atomic E-state index is 0.557. The Balaban J connectivity index is 2.37. The van der Waals surface area contributed by atoms with Gasteiger partial charge in [0.15, 0.2) is 0 Å². The van der Waals surface area contributed by atoms with Crippen LogP contribution in [-0.2, 0) is 6.42 Å². The van der Waals surface area contributed by atoms with Gasteiger partial charge in [-0.3, -0.25) is 0 Å². The molecule has 0 fully saturated rings. The molecule has 0 bridgehead atoms. The standard InChI is InChI=1S/C14H14BrN5/c1-3-12-19-13(17-2)7-14(20-12)18-11-5-4-10(15)6-9(11)8-16/h4-7H,3H2,1-2H3,(H2,17,18,19,20). The molecule has 2 aromatic rings. The van der Waals surface area contributed by atoms with E-state index in [2.05, 4.69) is 42.6 Å². The maximum Gasteiger partial charge on any atom is 0.136 e. The maximum atomic E-state index is 9.17. The molecule has 2 N–H and O–H groups in total. The molecule has 0 saturated carbocycles. The molecule has 1 aromatic heterocycles. The Morgan fingerprint density at radius 3 is 2.65 bits per heavy atom. The largest absolute Gasteiger partial charge is 0.373 e. The second-order valence-corrected chi connectivity index (χ2v) is 5.00. The first-order valence-corrected chi connectivity index (χ1v) is 6.98. The molecule has 6 heteroatoms. The maximum absolute atomic E-state index is 9.17. The molecule has 2 rings (SSSR count). The Labute approximate surface area is 126 Å². The number of hydrogen-bond donors (Lipinski definition) is 2. The van der Waals surface area contributed by atoms with Crippen molar-refractivity contribution in [2.75, 3.05) is 17.7 Å². The lowest BCUT2D eigenvalue weighted by Crippen LogP contribution is -2.03. The van der Waals surface area contributed by atoms with Gasteiger partial charge in [0.1, 0.15) is 23.5 Å². The van der Waals surface area contributed by atoms with Crippen molar-refractivity contribution in [1.29, 1.82) is 5.26 Å². The zero-order valence-electron chi connectivity index (χ0n) is 11.2. The number of halogens is 1. The van der Waals surface area contributed by atoms with E-state index in [1.54, 1.807) is 6.07 Å². The Bertz CT molecular complexity index is 641. The third-order valence-corrected chi connectivity index (χ3v) is 3.20. The molecule has 0 aliphatic heterocycles. The molecule has 20 heavy (non-hydrogen) atoms. The number of aromatic nitrogens is 2. The van der Waals surface area contributed by atoms with Gasteiger partial charge in [-0.25, -0.2) is 9.97 Å². The lowest BCUT2D eigenvalue weighted by molar-refractivity contribution is 0.944. The first kappa shape index (κ1) is 14.3. The van der Waals surface area contributed by atoms with Crippen LogP contribution < -0.4 is 10.6 Å². The van der Waals surface area contributed by atoms with Gasteiger partial charge in [-0.1, -0.05) is 22.9 Å². The average Bonchev–Trinajstić information content (AvgIpc) is 2.48. The van der Waals surface area contributed by atoms with Crippen molar-refractivity contribution in [3.8, 4) is 6.07 Å². The second kappa shape index (κ2) is 6.35. The summed E-state index contributed by atoms with van der Waals surface area (Å²) in [5.41, 5.74) is 1.28. The normalized spacial score (nSPS) is 9.90. The molecule has 0 radical (unpaired) electrons. The van der Waals surface area contributed by atoms with Crippen LogP contribution in [0, 0.1) is 11.3 Å². The second-order valence-electron chi connectivity index (χ2n) is 4.08. The summed E-state index contributed by atoms with van der Waals surface area (Å²) in [5, 5.41) is 15.3. The molecular weight excluding hydrogens is 318 g/mol. The third kappa shape index (κ3) is 3.25. The Kier molecular flexibility index (Phi) is 4.53. The highest BCUT2D eigenvalue weighted by Gasteiger charge is 2.06. The van der Waals surface area contributed by atoms with Crippen LogP contribution in [0.2, 0.25) is 0 Å². The minimum atomic E-state index is 0.557. The van der Waals surface area contributed by atoms with Crippen molar-refractivity contribution >= 4 is 33.3 Å². The van der Waals surface area contributed by atoms with Crippen molar-refractivity contribution in [2.24, 2.45) is 0 Å². The van der Waals surface area contributed by atoms with E-state index >= 15 is 0 Å². The summed E-state index contributed by atoms with van der Waals surface area (Å²) in [6.45, 7) is 2.00. The predicted octanol–water partition coefficient (Wildman–Crippen LogP) is 3.46. The smallest absolute Gasteiger partial charge is 0.136 e. The lowest BCUT2D eigenvalue weighted by atomic mass is 10.2. The predicted molar refractivity (Wildman–Crippen MR) is 83.1 cm³/mol. The summed E-state index contributed by atoms with van der Waals surface area (Å²) in [7, 11) is 1.81. The van der Waals surface area contributed by atoms with Crippen molar-refractivity contribution < 1.29 is 0 Å². The number of nitrogens with one attached hydrogen (secondary N) is 2. The zero-order valence-corrected chi connectivity index (χ0v) is 12.8. The number of rotatable bonds is 4. The van der Waals surface area contributed by atoms with E-state index in [0.717, 1.165) is 28.2 Å². The monoisotopic (exact) mass is 331 g/mol. The number of aryl methyl sites for hydroxylation is 1. The Hall–Kier alpha value is -2.13. The zero-order chi connectivity index (χ0) is 14.5. The van der Waals surface area contributed by atoms with Crippen molar-refractivity contribution in [1.82, 2.24) is 9.97 Å². The van der Waals surface area contributed by atoms with Crippen LogP contribution in [0.1, 0.15) is 18.3 Å². The van der Waals surface area contributed by atoms with E-state index < -0.39 is 0 Å². The number of benzene rings is 1. The van der Waals surface area contributed by atoms with Gasteiger partial charge in [0.25, 0.3) is 0 Å². The van der Waals surface area contributed by atoms with Crippen LogP contribution in [-0.4, -0.2) is 17.0 Å². The van der Waals surface area contributed by atoms with Gasteiger partial charge in [-0.15, -0.1) is 0 Å². The van der Waals surface area contributed by atoms with E-state index in [1.807, 2.05) is 32.2 Å². The topological polar surface area (TPSA) is 73.6 Å². The number of anilines is 3. The highest BCUT2D eigenvalue weighted by molar-refractivity contribution is 9.10. The first-order valence-electron chi connectivity index (χ1n) is 6.18. The van der Waals surface area contributed by atoms with Gasteiger partial charge in [0.2, 0.25) is 0 Å². The Morgan fingerprint density at radius 1 is 1.25 bits per heavy atom. The molecule has 0 spiro atoms. The fourth-order valence-electron chi connectivity index (χ4n) is 1.70. The van der Waals surface area contributed by atoms with Crippen LogP contribution in [0.25, 0.3) is 0 Å². The summed E-state index contributed by atoms with van der Waals surface area (Å²) in [5.74, 6) is 2.16. The van der Waals surface area contributed by atoms with E-state index in [9.17, 15) is 0 Å². The molecule has 0 unspecified atom stereocenters. The average molecular weight is 332 g/mol. The number of nitrogens with zero attached hydrogens (tertiary/aromatic N) is 3. The highest BCUT2D eigenvalue weighted by Crippen LogP contribution is 2.24. The van der Waals surface area contributed by atoms with Crippen molar-refractivity contribution in [2.45, 2.75) is 13.3 Å². The molecule has 1 heterocycles. The van der Waals surface area contributed by atoms with E-state index in [1.165, 1.54) is 0 Å². The first-order chi connectivity index (χ1) is 9.66. The molecular formula is C14H14BrN5. The number of hydrogen-bond acceptors (Lipinski definition) is 5. The molecule has 0 amide bonds. The third-order valence-electron chi connectivity index (χ3n) is 2.71. The number of nitriles is 1. The summed E-state index contributed by atoms with van der Waals surface area (Å²) < 4.78 is 0.868. The molecule has 0 atom stereocenters. The van der Waals surface area contributed by atoms with Crippen molar-refractivity contribution in [3.63, 3.8) is 0 Å². The Morgan fingerprint density at radius 2 is 2.00 bits per heavy atom. The van der Waals surface area contributed by atoms with Crippen LogP contribution in [0.3, 0.4) is 0 Å². The minimum Gasteiger partial charge on any atom is -0.373 e. The highest BCUT2D eigenvalue weighted by atomic mass is 79.9. The van der Waals surface area contributed by atoms with Gasteiger partial charge in [0, 0.05) is 24.0 Å². The lowest BCUT2D eigenvalue weighted by Gasteiger charge is -2.10. The molecule has 5 nitrogen and oxygen atoms in total. The van der Waals surface area contributed by atoms with Crippen LogP contribution >= 0.6 is 15.9 Å². The van der Waals surface area contributed by atoms with Gasteiger partial charge in [0.05, 0.1) is 11.3 Å². The summed E-state index contributed by atoms with van der Waals surface area (Å²) in [4.78, 5) is 8.74. The van der Waals surface area contributed by atoms with E-state index in [4.69, 9.17) is 5.26 Å². The van der Waals surface area contributed by atoms with E-state index in [-0.39, 0.29) is 0 Å². The summed E-state index contributed by atoms with van der Waals surface area (Å²) in [6, 6.07) is 9.46. The molecule has 0 aliphatic rings. The van der Waals surface area contributed by atoms with Crippen LogP contribution in [0.4, 0.5) is 17.3 Å². The molecule has 0 saturated heterocycles. The van der Waals surface area contributed by atoms with E-state index in [0.29, 0.717) is 11.4 Å². The molecule has 1 aromatic carbocycles. The quantitative estimate of drug-likeness (QED) is 0.897. The fraction of sp³-hybridized carbons (Fsp3) is 0.214. The molecule has 0 aliphatic carbocycles. The summed E-state index contributed by atoms with van der Waals surface area (Å²) in [6.07, 6.45) is 0.746. The summed E-state index contributed by atoms with van der Waals surface area (Å²) >= 11 is 3.35. The van der Waals surface area contributed by atoms with Crippen molar-refractivity contribution in [3.05, 3.63) is 40.1 Å².